The molecule has 1 aliphatic rings. The van der Waals surface area contributed by atoms with Crippen LogP contribution < -0.4 is 14.9 Å². The summed E-state index contributed by atoms with van der Waals surface area (Å²) in [5, 5.41) is 7.89. The molecule has 0 aromatic heterocycles. The van der Waals surface area contributed by atoms with Crippen molar-refractivity contribution in [2.45, 2.75) is 31.2 Å². The van der Waals surface area contributed by atoms with E-state index in [-0.39, 0.29) is 5.54 Å². The lowest BCUT2D eigenvalue weighted by atomic mass is 9.88. The minimum atomic E-state index is -3.33. The number of nitrogens with zero attached hydrogens (tertiary/aromatic N) is 1. The number of nitrogens with one attached hydrogen (secondary N) is 2. The van der Waals surface area contributed by atoms with E-state index in [0.29, 0.717) is 10.8 Å². The van der Waals surface area contributed by atoms with Gasteiger partial charge in [0.2, 0.25) is 10.0 Å². The third kappa shape index (κ3) is 4.59. The summed E-state index contributed by atoms with van der Waals surface area (Å²) in [6.45, 7) is 0. The predicted molar refractivity (Wildman–Crippen MR) is 121 cm³/mol. The highest BCUT2D eigenvalue weighted by molar-refractivity contribution is 7.92. The number of thiocarbonyl (C=S) groups is 1. The van der Waals surface area contributed by atoms with Crippen LogP contribution in [-0.2, 0) is 15.6 Å². The Labute approximate surface area is 177 Å². The molecule has 0 radical (unpaired) electrons. The largest absolute Gasteiger partial charge is 0.353 e. The van der Waals surface area contributed by atoms with E-state index in [9.17, 15) is 8.42 Å². The second kappa shape index (κ2) is 8.27. The Balaban J connectivity index is 1.79. The maximum absolute atomic E-state index is 11.8. The molecule has 0 bridgehead atoms. The summed E-state index contributed by atoms with van der Waals surface area (Å²) in [7, 11) is -1.80. The van der Waals surface area contributed by atoms with Crippen LogP contribution in [0.5, 0.6) is 0 Å². The van der Waals surface area contributed by atoms with E-state index < -0.39 is 10.0 Å². The molecule has 0 saturated heterocycles. The zero-order valence-corrected chi connectivity index (χ0v) is 18.3. The molecule has 2 aromatic carbocycles. The van der Waals surface area contributed by atoms with E-state index in [4.69, 9.17) is 23.8 Å². The van der Waals surface area contributed by atoms with Crippen molar-refractivity contribution < 1.29 is 8.42 Å². The summed E-state index contributed by atoms with van der Waals surface area (Å²) >= 11 is 12.0. The van der Waals surface area contributed by atoms with E-state index >= 15 is 0 Å². The number of hydrogen-bond acceptors (Lipinski definition) is 3. The van der Waals surface area contributed by atoms with Gasteiger partial charge in [0.1, 0.15) is 0 Å². The van der Waals surface area contributed by atoms with Crippen LogP contribution in [0.3, 0.4) is 0 Å². The summed E-state index contributed by atoms with van der Waals surface area (Å²) in [6.07, 6.45) is 5.29. The SMILES string of the molecule is CN(c1cccc(NC(=S)NC2(c3ccccc3Cl)CCCC2)c1)S(C)(=O)=O. The normalized spacial score (nSPS) is 15.8. The maximum Gasteiger partial charge on any atom is 0.231 e. The van der Waals surface area contributed by atoms with E-state index in [0.717, 1.165) is 42.0 Å². The van der Waals surface area contributed by atoms with E-state index in [1.807, 2.05) is 30.3 Å². The summed E-state index contributed by atoms with van der Waals surface area (Å²) < 4.78 is 24.8. The first-order valence-corrected chi connectivity index (χ1v) is 11.7. The molecule has 0 atom stereocenters. The van der Waals surface area contributed by atoms with Crippen LogP contribution in [0.2, 0.25) is 5.02 Å². The fourth-order valence-corrected chi connectivity index (χ4v) is 4.77. The van der Waals surface area contributed by atoms with Gasteiger partial charge in [0, 0.05) is 17.8 Å². The third-order valence-electron chi connectivity index (χ3n) is 5.16. The molecule has 0 aliphatic heterocycles. The Hall–Kier alpha value is -1.83. The first-order chi connectivity index (χ1) is 13.2. The minimum absolute atomic E-state index is 0.288. The van der Waals surface area contributed by atoms with Crippen molar-refractivity contribution in [1.82, 2.24) is 5.32 Å². The Bertz CT molecular complexity index is 973. The summed E-state index contributed by atoms with van der Waals surface area (Å²) in [5.74, 6) is 0. The monoisotopic (exact) mass is 437 g/mol. The zero-order chi connectivity index (χ0) is 20.4. The molecule has 28 heavy (non-hydrogen) atoms. The van der Waals surface area contributed by atoms with Crippen LogP contribution in [0.25, 0.3) is 0 Å². The van der Waals surface area contributed by atoms with Gasteiger partial charge in [-0.15, -0.1) is 0 Å². The van der Waals surface area contributed by atoms with Crippen molar-refractivity contribution >= 4 is 50.3 Å². The molecule has 1 aliphatic carbocycles. The van der Waals surface area contributed by atoms with Crippen LogP contribution in [0.15, 0.2) is 48.5 Å². The standard InChI is InChI=1S/C20H24ClN3O2S2/c1-24(28(2,25)26)16-9-7-8-15(14-16)22-19(27)23-20(12-5-6-13-20)17-10-3-4-11-18(17)21/h3-4,7-11,14H,5-6,12-13H2,1-2H3,(H2,22,23,27). The van der Waals surface area contributed by atoms with Gasteiger partial charge in [-0.2, -0.15) is 0 Å². The van der Waals surface area contributed by atoms with Gasteiger partial charge < -0.3 is 10.6 Å². The minimum Gasteiger partial charge on any atom is -0.353 e. The van der Waals surface area contributed by atoms with Crippen LogP contribution in [0.1, 0.15) is 31.2 Å². The Kier molecular flexibility index (Phi) is 6.17. The van der Waals surface area contributed by atoms with Crippen LogP contribution in [0, 0.1) is 0 Å². The van der Waals surface area contributed by atoms with Crippen molar-refractivity contribution in [3.05, 3.63) is 59.1 Å². The summed E-state index contributed by atoms with van der Waals surface area (Å²) in [6, 6.07) is 15.0. The molecule has 3 rings (SSSR count). The highest BCUT2D eigenvalue weighted by atomic mass is 35.5. The lowest BCUT2D eigenvalue weighted by Crippen LogP contribution is -2.45. The van der Waals surface area contributed by atoms with Gasteiger partial charge >= 0.3 is 0 Å². The van der Waals surface area contributed by atoms with Gasteiger partial charge in [0.15, 0.2) is 5.11 Å². The van der Waals surface area contributed by atoms with Crippen molar-refractivity contribution in [3.63, 3.8) is 0 Å². The number of benzene rings is 2. The van der Waals surface area contributed by atoms with Crippen molar-refractivity contribution in [1.29, 1.82) is 0 Å². The fraction of sp³-hybridized carbons (Fsp3) is 0.350. The highest BCUT2D eigenvalue weighted by Gasteiger charge is 2.37. The van der Waals surface area contributed by atoms with Gasteiger partial charge in [0.25, 0.3) is 0 Å². The van der Waals surface area contributed by atoms with Crippen LogP contribution in [0.4, 0.5) is 11.4 Å². The molecule has 1 saturated carbocycles. The van der Waals surface area contributed by atoms with E-state index in [2.05, 4.69) is 10.6 Å². The van der Waals surface area contributed by atoms with Gasteiger partial charge in [-0.05, 0) is 54.9 Å². The molecular weight excluding hydrogens is 414 g/mol. The number of anilines is 2. The molecule has 0 amide bonds. The Morgan fingerprint density at radius 3 is 2.46 bits per heavy atom. The van der Waals surface area contributed by atoms with Gasteiger partial charge in [-0.25, -0.2) is 8.42 Å². The number of sulfonamides is 1. The van der Waals surface area contributed by atoms with E-state index in [1.54, 1.807) is 18.2 Å². The highest BCUT2D eigenvalue weighted by Crippen LogP contribution is 2.41. The lowest BCUT2D eigenvalue weighted by Gasteiger charge is -2.33. The van der Waals surface area contributed by atoms with Gasteiger partial charge in [0.05, 0.1) is 17.5 Å². The topological polar surface area (TPSA) is 61.4 Å². The fourth-order valence-electron chi connectivity index (χ4n) is 3.64. The second-order valence-electron chi connectivity index (χ2n) is 7.13. The first kappa shape index (κ1) is 20.9. The number of rotatable bonds is 5. The predicted octanol–water partition coefficient (Wildman–Crippen LogP) is 4.49. The summed E-state index contributed by atoms with van der Waals surface area (Å²) in [5.41, 5.74) is 2.06. The van der Waals surface area contributed by atoms with Crippen molar-refractivity contribution in [2.75, 3.05) is 22.9 Å². The smallest absolute Gasteiger partial charge is 0.231 e. The molecule has 8 heteroatoms. The van der Waals surface area contributed by atoms with Crippen molar-refractivity contribution in [2.24, 2.45) is 0 Å². The number of halogens is 1. The Morgan fingerprint density at radius 2 is 1.82 bits per heavy atom. The quantitative estimate of drug-likeness (QED) is 0.674. The molecule has 2 aromatic rings. The molecule has 0 spiro atoms. The molecular formula is C20H24ClN3O2S2. The molecule has 0 unspecified atom stereocenters. The van der Waals surface area contributed by atoms with Gasteiger partial charge in [-0.3, -0.25) is 4.31 Å². The molecule has 0 heterocycles. The third-order valence-corrected chi connectivity index (χ3v) is 6.90. The zero-order valence-electron chi connectivity index (χ0n) is 15.9. The second-order valence-corrected chi connectivity index (χ2v) is 9.96. The first-order valence-electron chi connectivity index (χ1n) is 9.09. The van der Waals surface area contributed by atoms with Crippen LogP contribution in [-0.4, -0.2) is 26.8 Å². The van der Waals surface area contributed by atoms with Crippen molar-refractivity contribution in [3.8, 4) is 0 Å². The van der Waals surface area contributed by atoms with Crippen LogP contribution >= 0.6 is 23.8 Å². The molecule has 5 nitrogen and oxygen atoms in total. The number of hydrogen-bond donors (Lipinski definition) is 2. The average molecular weight is 438 g/mol. The molecule has 1 fully saturated rings. The Morgan fingerprint density at radius 1 is 1.14 bits per heavy atom. The summed E-state index contributed by atoms with van der Waals surface area (Å²) in [4.78, 5) is 0. The lowest BCUT2D eigenvalue weighted by molar-refractivity contribution is 0.408. The molecule has 2 N–H and O–H groups in total. The van der Waals surface area contributed by atoms with Gasteiger partial charge in [-0.1, -0.05) is 48.7 Å². The van der Waals surface area contributed by atoms with E-state index in [1.165, 1.54) is 17.6 Å². The maximum atomic E-state index is 11.8. The molecule has 150 valence electrons. The average Bonchev–Trinajstić information content (AvgIpc) is 3.10.